The second-order valence-corrected chi connectivity index (χ2v) is 5.40. The van der Waals surface area contributed by atoms with Gasteiger partial charge in [0.1, 0.15) is 0 Å². The molecule has 106 valence electrons. The number of hydrogen-bond donors (Lipinski definition) is 2. The Morgan fingerprint density at radius 2 is 2.06 bits per heavy atom. The molecule has 0 bridgehead atoms. The van der Waals surface area contributed by atoms with E-state index in [0.717, 1.165) is 38.9 Å². The summed E-state index contributed by atoms with van der Waals surface area (Å²) in [6.45, 7) is 9.92. The van der Waals surface area contributed by atoms with Gasteiger partial charge in [0, 0.05) is 19.1 Å². The summed E-state index contributed by atoms with van der Waals surface area (Å²) in [5, 5.41) is 3.22. The number of nitrogens with zero attached hydrogens (tertiary/aromatic N) is 1. The van der Waals surface area contributed by atoms with Gasteiger partial charge >= 0.3 is 0 Å². The molecule has 1 unspecified atom stereocenters. The van der Waals surface area contributed by atoms with Gasteiger partial charge in [-0.1, -0.05) is 20.8 Å². The number of rotatable bonds is 6. The summed E-state index contributed by atoms with van der Waals surface area (Å²) < 4.78 is 0. The zero-order valence-corrected chi connectivity index (χ0v) is 12.2. The molecule has 0 aromatic heterocycles. The number of amides is 1. The standard InChI is InChI=1S/C14H29N3O/c1-4-14(5-2,11-15)13(18)16-12-8-7-9-17(6-3)10-12/h12H,4-11,15H2,1-3H3,(H,16,18). The van der Waals surface area contributed by atoms with Crippen LogP contribution >= 0.6 is 0 Å². The Balaban J connectivity index is 2.57. The maximum atomic E-state index is 12.4. The molecule has 4 nitrogen and oxygen atoms in total. The smallest absolute Gasteiger partial charge is 0.227 e. The third-order valence-corrected chi connectivity index (χ3v) is 4.51. The van der Waals surface area contributed by atoms with Crippen molar-refractivity contribution in [1.82, 2.24) is 10.2 Å². The first-order valence-corrected chi connectivity index (χ1v) is 7.35. The molecule has 1 atom stereocenters. The third-order valence-electron chi connectivity index (χ3n) is 4.51. The molecule has 1 saturated heterocycles. The van der Waals surface area contributed by atoms with Crippen LogP contribution in [0.3, 0.4) is 0 Å². The molecule has 0 aromatic carbocycles. The topological polar surface area (TPSA) is 58.4 Å². The van der Waals surface area contributed by atoms with E-state index in [4.69, 9.17) is 5.73 Å². The van der Waals surface area contributed by atoms with Gasteiger partial charge in [-0.2, -0.15) is 0 Å². The molecule has 1 aliphatic rings. The van der Waals surface area contributed by atoms with Gasteiger partial charge < -0.3 is 16.0 Å². The second kappa shape index (κ2) is 7.10. The molecule has 0 radical (unpaired) electrons. The molecule has 0 aromatic rings. The average molecular weight is 255 g/mol. The minimum absolute atomic E-state index is 0.151. The largest absolute Gasteiger partial charge is 0.352 e. The van der Waals surface area contributed by atoms with Gasteiger partial charge in [-0.05, 0) is 38.8 Å². The molecular formula is C14H29N3O. The molecule has 4 heteroatoms. The van der Waals surface area contributed by atoms with Gasteiger partial charge in [-0.15, -0.1) is 0 Å². The van der Waals surface area contributed by atoms with Crippen LogP contribution in [0, 0.1) is 5.41 Å². The van der Waals surface area contributed by atoms with Crippen LogP contribution in [0.2, 0.25) is 0 Å². The fourth-order valence-electron chi connectivity index (χ4n) is 2.75. The highest BCUT2D eigenvalue weighted by Crippen LogP contribution is 2.25. The SMILES string of the molecule is CCN1CCCC(NC(=O)C(CC)(CC)CN)C1. The van der Waals surface area contributed by atoms with Gasteiger partial charge in [-0.3, -0.25) is 4.79 Å². The molecule has 0 saturated carbocycles. The summed E-state index contributed by atoms with van der Waals surface area (Å²) in [7, 11) is 0. The highest BCUT2D eigenvalue weighted by molar-refractivity contribution is 5.83. The van der Waals surface area contributed by atoms with Crippen LogP contribution in [0.25, 0.3) is 0 Å². The maximum absolute atomic E-state index is 12.4. The van der Waals surface area contributed by atoms with Crippen molar-refractivity contribution in [1.29, 1.82) is 0 Å². The molecule has 18 heavy (non-hydrogen) atoms. The first kappa shape index (κ1) is 15.4. The summed E-state index contributed by atoms with van der Waals surface area (Å²) >= 11 is 0. The average Bonchev–Trinajstić information content (AvgIpc) is 2.41. The highest BCUT2D eigenvalue weighted by atomic mass is 16.2. The number of likely N-dealkylation sites (N-methyl/N-ethyl adjacent to an activating group) is 1. The normalized spacial score (nSPS) is 21.9. The van der Waals surface area contributed by atoms with Gasteiger partial charge in [0.2, 0.25) is 5.91 Å². The van der Waals surface area contributed by atoms with E-state index < -0.39 is 0 Å². The number of likely N-dealkylation sites (tertiary alicyclic amines) is 1. The Labute approximate surface area is 111 Å². The van der Waals surface area contributed by atoms with Crippen LogP contribution < -0.4 is 11.1 Å². The Bertz CT molecular complexity index is 256. The number of nitrogens with two attached hydrogens (primary N) is 1. The predicted molar refractivity (Wildman–Crippen MR) is 75.3 cm³/mol. The molecule has 3 N–H and O–H groups in total. The summed E-state index contributed by atoms with van der Waals surface area (Å²) in [5.41, 5.74) is 5.45. The lowest BCUT2D eigenvalue weighted by Crippen LogP contribution is -2.53. The van der Waals surface area contributed by atoms with Crippen molar-refractivity contribution in [2.45, 2.75) is 52.5 Å². The lowest BCUT2D eigenvalue weighted by atomic mass is 9.81. The molecule has 1 aliphatic heterocycles. The molecule has 0 spiro atoms. The minimum atomic E-state index is -0.367. The van der Waals surface area contributed by atoms with Crippen LogP contribution in [0.1, 0.15) is 46.5 Å². The molecule has 0 aliphatic carbocycles. The Kier molecular flexibility index (Phi) is 6.09. The van der Waals surface area contributed by atoms with Gasteiger partial charge in [-0.25, -0.2) is 0 Å². The lowest BCUT2D eigenvalue weighted by molar-refractivity contribution is -0.132. The molecule has 1 heterocycles. The van der Waals surface area contributed by atoms with Gasteiger partial charge in [0.25, 0.3) is 0 Å². The van der Waals surface area contributed by atoms with Crippen molar-refractivity contribution in [3.05, 3.63) is 0 Å². The van der Waals surface area contributed by atoms with E-state index in [0.29, 0.717) is 12.6 Å². The van der Waals surface area contributed by atoms with E-state index in [1.165, 1.54) is 6.42 Å². The first-order chi connectivity index (χ1) is 8.61. The van der Waals surface area contributed by atoms with E-state index in [2.05, 4.69) is 31.0 Å². The fourth-order valence-corrected chi connectivity index (χ4v) is 2.75. The Morgan fingerprint density at radius 1 is 1.39 bits per heavy atom. The predicted octanol–water partition coefficient (Wildman–Crippen LogP) is 1.35. The number of hydrogen-bond acceptors (Lipinski definition) is 3. The van der Waals surface area contributed by atoms with Crippen LogP contribution in [0.15, 0.2) is 0 Å². The molecular weight excluding hydrogens is 226 g/mol. The molecule has 1 rings (SSSR count). The van der Waals surface area contributed by atoms with Crippen molar-refractivity contribution in [3.63, 3.8) is 0 Å². The zero-order chi connectivity index (χ0) is 13.6. The summed E-state index contributed by atoms with van der Waals surface area (Å²) in [6, 6.07) is 0.301. The van der Waals surface area contributed by atoms with Crippen LogP contribution in [0.4, 0.5) is 0 Å². The maximum Gasteiger partial charge on any atom is 0.227 e. The van der Waals surface area contributed by atoms with Crippen molar-refractivity contribution < 1.29 is 4.79 Å². The summed E-state index contributed by atoms with van der Waals surface area (Å²) in [6.07, 6.45) is 3.90. The monoisotopic (exact) mass is 255 g/mol. The van der Waals surface area contributed by atoms with Crippen LogP contribution in [-0.4, -0.2) is 43.0 Å². The second-order valence-electron chi connectivity index (χ2n) is 5.40. The van der Waals surface area contributed by atoms with Crippen molar-refractivity contribution >= 4 is 5.91 Å². The van der Waals surface area contributed by atoms with Crippen LogP contribution in [0.5, 0.6) is 0 Å². The quantitative estimate of drug-likeness (QED) is 0.753. The number of carbonyl (C=O) groups is 1. The van der Waals surface area contributed by atoms with E-state index in [1.807, 2.05) is 0 Å². The van der Waals surface area contributed by atoms with E-state index in [9.17, 15) is 4.79 Å². The zero-order valence-electron chi connectivity index (χ0n) is 12.2. The molecule has 1 amide bonds. The first-order valence-electron chi connectivity index (χ1n) is 7.35. The van der Waals surface area contributed by atoms with E-state index >= 15 is 0 Å². The third kappa shape index (κ3) is 3.45. The summed E-state index contributed by atoms with van der Waals surface area (Å²) in [5.74, 6) is 0.151. The lowest BCUT2D eigenvalue weighted by Gasteiger charge is -2.36. The highest BCUT2D eigenvalue weighted by Gasteiger charge is 2.35. The van der Waals surface area contributed by atoms with E-state index in [-0.39, 0.29) is 11.3 Å². The van der Waals surface area contributed by atoms with E-state index in [1.54, 1.807) is 0 Å². The van der Waals surface area contributed by atoms with Crippen molar-refractivity contribution in [2.75, 3.05) is 26.2 Å². The van der Waals surface area contributed by atoms with Crippen molar-refractivity contribution in [2.24, 2.45) is 11.1 Å². The Morgan fingerprint density at radius 3 is 2.56 bits per heavy atom. The minimum Gasteiger partial charge on any atom is -0.352 e. The number of nitrogens with one attached hydrogen (secondary N) is 1. The molecule has 1 fully saturated rings. The number of carbonyl (C=O) groups excluding carboxylic acids is 1. The van der Waals surface area contributed by atoms with Gasteiger partial charge in [0.05, 0.1) is 5.41 Å². The van der Waals surface area contributed by atoms with Crippen LogP contribution in [-0.2, 0) is 4.79 Å². The summed E-state index contributed by atoms with van der Waals surface area (Å²) in [4.78, 5) is 14.8. The van der Waals surface area contributed by atoms with Gasteiger partial charge in [0.15, 0.2) is 0 Å². The number of piperidine rings is 1. The van der Waals surface area contributed by atoms with Crippen molar-refractivity contribution in [3.8, 4) is 0 Å². The Hall–Kier alpha value is -0.610. The fraction of sp³-hybridized carbons (Fsp3) is 0.929.